The van der Waals surface area contributed by atoms with Crippen molar-refractivity contribution < 1.29 is 14.3 Å². The maximum atomic E-state index is 12.0. The van der Waals surface area contributed by atoms with E-state index in [0.717, 1.165) is 52.4 Å². The van der Waals surface area contributed by atoms with Gasteiger partial charge in [0.2, 0.25) is 5.95 Å². The van der Waals surface area contributed by atoms with Gasteiger partial charge in [0.25, 0.3) is 0 Å². The number of fused-ring (bicyclic) bond motifs is 1. The molecule has 2 aromatic carbocycles. The first-order chi connectivity index (χ1) is 16.5. The molecule has 0 spiro atoms. The zero-order valence-electron chi connectivity index (χ0n) is 22.1. The summed E-state index contributed by atoms with van der Waals surface area (Å²) in [5, 5.41) is 3.58. The van der Waals surface area contributed by atoms with Crippen LogP contribution in [0.4, 0.5) is 11.6 Å². The van der Waals surface area contributed by atoms with Crippen LogP contribution in [0.25, 0.3) is 11.0 Å². The summed E-state index contributed by atoms with van der Waals surface area (Å²) in [6, 6.07) is 12.6. The second kappa shape index (κ2) is 9.92. The Morgan fingerprint density at radius 1 is 1.20 bits per heavy atom. The third kappa shape index (κ3) is 5.80. The summed E-state index contributed by atoms with van der Waals surface area (Å²) in [5.74, 6) is 2.09. The van der Waals surface area contributed by atoms with Gasteiger partial charge >= 0.3 is 5.97 Å². The highest BCUT2D eigenvalue weighted by Crippen LogP contribution is 2.46. The molecule has 0 radical (unpaired) electrons. The molecule has 0 bridgehead atoms. The first-order valence-corrected chi connectivity index (χ1v) is 12.7. The number of aryl methyl sites for hydroxylation is 1. The summed E-state index contributed by atoms with van der Waals surface area (Å²) in [7, 11) is 1.43. The molecule has 0 aliphatic heterocycles. The molecule has 1 N–H and O–H groups in total. The normalized spacial score (nSPS) is 19.7. The van der Waals surface area contributed by atoms with Crippen LogP contribution in [0.2, 0.25) is 0 Å². The van der Waals surface area contributed by atoms with Crippen LogP contribution in [0.15, 0.2) is 36.4 Å². The third-order valence-corrected chi connectivity index (χ3v) is 6.92. The minimum absolute atomic E-state index is 0.136. The molecule has 1 heterocycles. The number of carbonyl (C=O) groups excluding carboxylic acids is 1. The van der Waals surface area contributed by atoms with E-state index < -0.39 is 0 Å². The Kier molecular flexibility index (Phi) is 7.11. The molecular weight excluding hydrogens is 438 g/mol. The monoisotopic (exact) mass is 477 g/mol. The Balaban J connectivity index is 1.76. The van der Waals surface area contributed by atoms with Crippen LogP contribution in [-0.2, 0) is 16.0 Å². The van der Waals surface area contributed by atoms with Gasteiger partial charge in [-0.1, -0.05) is 20.8 Å². The number of hydrogen-bond acceptors (Lipinski definition) is 5. The number of esters is 1. The van der Waals surface area contributed by atoms with Gasteiger partial charge in [-0.25, -0.2) is 4.98 Å². The van der Waals surface area contributed by atoms with E-state index in [9.17, 15) is 4.79 Å². The van der Waals surface area contributed by atoms with Crippen molar-refractivity contribution in [1.29, 1.82) is 0 Å². The molecule has 0 amide bonds. The molecule has 35 heavy (non-hydrogen) atoms. The molecule has 2 unspecified atom stereocenters. The summed E-state index contributed by atoms with van der Waals surface area (Å²) < 4.78 is 13.1. The van der Waals surface area contributed by atoms with Gasteiger partial charge in [0.05, 0.1) is 30.7 Å². The predicted molar refractivity (Wildman–Crippen MR) is 142 cm³/mol. The van der Waals surface area contributed by atoms with Crippen molar-refractivity contribution in [3.8, 4) is 5.75 Å². The van der Waals surface area contributed by atoms with E-state index in [-0.39, 0.29) is 23.9 Å². The Morgan fingerprint density at radius 3 is 2.54 bits per heavy atom. The maximum Gasteiger partial charge on any atom is 0.309 e. The highest BCUT2D eigenvalue weighted by molar-refractivity contribution is 5.83. The smallest absolute Gasteiger partial charge is 0.309 e. The van der Waals surface area contributed by atoms with Crippen molar-refractivity contribution in [2.24, 2.45) is 11.3 Å². The van der Waals surface area contributed by atoms with E-state index in [1.165, 1.54) is 13.5 Å². The van der Waals surface area contributed by atoms with Crippen LogP contribution in [0.5, 0.6) is 5.75 Å². The summed E-state index contributed by atoms with van der Waals surface area (Å²) in [4.78, 5) is 17.0. The molecule has 0 saturated heterocycles. The van der Waals surface area contributed by atoms with Crippen LogP contribution >= 0.6 is 0 Å². The van der Waals surface area contributed by atoms with Crippen molar-refractivity contribution in [3.05, 3.63) is 47.5 Å². The standard InChI is InChI=1S/C29H39N3O3/c1-18(2)35-24-10-8-22(9-11-24)30-28-31-25-14-21(15-27(33)34-7)20(4)13-26(25)32(28)23-12-19(3)16-29(5,6)17-23/h8-11,13-14,18-19,23H,12,15-17H2,1-7H3,(H,30,31). The molecule has 1 aromatic heterocycles. The van der Waals surface area contributed by atoms with Gasteiger partial charge < -0.3 is 19.4 Å². The second-order valence-electron chi connectivity index (χ2n) is 11.2. The zero-order chi connectivity index (χ0) is 25.3. The molecule has 188 valence electrons. The minimum atomic E-state index is -0.239. The second-order valence-corrected chi connectivity index (χ2v) is 11.2. The lowest BCUT2D eigenvalue weighted by Gasteiger charge is -2.40. The highest BCUT2D eigenvalue weighted by Gasteiger charge is 2.34. The number of rotatable bonds is 7. The van der Waals surface area contributed by atoms with Gasteiger partial charge in [0.15, 0.2) is 0 Å². The van der Waals surface area contributed by atoms with Crippen LogP contribution in [0, 0.1) is 18.3 Å². The molecule has 1 fully saturated rings. The Hall–Kier alpha value is -3.02. The van der Waals surface area contributed by atoms with E-state index in [0.29, 0.717) is 12.0 Å². The Labute approximate surface area is 209 Å². The quantitative estimate of drug-likeness (QED) is 0.372. The van der Waals surface area contributed by atoms with Gasteiger partial charge in [0, 0.05) is 11.7 Å². The van der Waals surface area contributed by atoms with Crippen molar-refractivity contribution in [2.75, 3.05) is 12.4 Å². The molecule has 3 aromatic rings. The first-order valence-electron chi connectivity index (χ1n) is 12.7. The summed E-state index contributed by atoms with van der Waals surface area (Å²) in [6.45, 7) is 13.2. The lowest BCUT2D eigenvalue weighted by Crippen LogP contribution is -2.29. The number of nitrogens with one attached hydrogen (secondary N) is 1. The van der Waals surface area contributed by atoms with E-state index in [2.05, 4.69) is 43.6 Å². The molecule has 6 nitrogen and oxygen atoms in total. The molecule has 1 aliphatic carbocycles. The average Bonchev–Trinajstić information content (AvgIpc) is 3.10. The first kappa shape index (κ1) is 25.1. The van der Waals surface area contributed by atoms with Crippen LogP contribution < -0.4 is 10.1 Å². The molecule has 1 aliphatic rings. The van der Waals surface area contributed by atoms with Gasteiger partial charge in [-0.05, 0) is 98.9 Å². The van der Waals surface area contributed by atoms with Crippen molar-refractivity contribution in [2.45, 2.75) is 79.4 Å². The van der Waals surface area contributed by atoms with Gasteiger partial charge in [-0.2, -0.15) is 0 Å². The summed E-state index contributed by atoms with van der Waals surface area (Å²) >= 11 is 0. The number of ether oxygens (including phenoxy) is 2. The highest BCUT2D eigenvalue weighted by atomic mass is 16.5. The predicted octanol–water partition coefficient (Wildman–Crippen LogP) is 6.98. The lowest BCUT2D eigenvalue weighted by molar-refractivity contribution is -0.139. The van der Waals surface area contributed by atoms with Crippen LogP contribution in [0.3, 0.4) is 0 Å². The number of nitrogens with zero attached hydrogens (tertiary/aromatic N) is 2. The fourth-order valence-corrected chi connectivity index (χ4v) is 5.68. The van der Waals surface area contributed by atoms with Crippen LogP contribution in [0.1, 0.15) is 71.0 Å². The molecule has 6 heteroatoms. The maximum absolute atomic E-state index is 12.0. The number of carbonyl (C=O) groups is 1. The number of imidazole rings is 1. The SMILES string of the molecule is COC(=O)Cc1cc2nc(Nc3ccc(OC(C)C)cc3)n(C3CC(C)CC(C)(C)C3)c2cc1C. The van der Waals surface area contributed by atoms with Crippen molar-refractivity contribution in [3.63, 3.8) is 0 Å². The number of benzene rings is 2. The third-order valence-electron chi connectivity index (χ3n) is 6.92. The molecule has 4 rings (SSSR count). The number of methoxy groups -OCH3 is 1. The van der Waals surface area contributed by atoms with E-state index in [1.807, 2.05) is 44.2 Å². The largest absolute Gasteiger partial charge is 0.491 e. The number of anilines is 2. The Morgan fingerprint density at radius 2 is 1.91 bits per heavy atom. The Bertz CT molecular complexity index is 1190. The van der Waals surface area contributed by atoms with Crippen molar-refractivity contribution >= 4 is 28.6 Å². The number of aromatic nitrogens is 2. The lowest BCUT2D eigenvalue weighted by atomic mass is 9.70. The fourth-order valence-electron chi connectivity index (χ4n) is 5.68. The van der Waals surface area contributed by atoms with Crippen LogP contribution in [-0.4, -0.2) is 28.7 Å². The number of hydrogen-bond donors (Lipinski definition) is 1. The summed E-state index contributed by atoms with van der Waals surface area (Å²) in [5.41, 5.74) is 5.27. The van der Waals surface area contributed by atoms with E-state index >= 15 is 0 Å². The molecule has 1 saturated carbocycles. The van der Waals surface area contributed by atoms with E-state index in [4.69, 9.17) is 14.5 Å². The van der Waals surface area contributed by atoms with E-state index in [1.54, 1.807) is 0 Å². The minimum Gasteiger partial charge on any atom is -0.491 e. The average molecular weight is 478 g/mol. The van der Waals surface area contributed by atoms with Gasteiger partial charge in [0.1, 0.15) is 5.75 Å². The van der Waals surface area contributed by atoms with Gasteiger partial charge in [-0.3, -0.25) is 4.79 Å². The fraction of sp³-hybridized carbons (Fsp3) is 0.517. The molecule has 2 atom stereocenters. The van der Waals surface area contributed by atoms with Gasteiger partial charge in [-0.15, -0.1) is 0 Å². The topological polar surface area (TPSA) is 65.4 Å². The molecular formula is C29H39N3O3. The summed E-state index contributed by atoms with van der Waals surface area (Å²) in [6.07, 6.45) is 3.84. The van der Waals surface area contributed by atoms with Crippen molar-refractivity contribution in [1.82, 2.24) is 9.55 Å². The zero-order valence-corrected chi connectivity index (χ0v) is 22.1.